The van der Waals surface area contributed by atoms with E-state index >= 15 is 0 Å². The van der Waals surface area contributed by atoms with Crippen molar-refractivity contribution in [3.8, 4) is 0 Å². The van der Waals surface area contributed by atoms with Gasteiger partial charge in [0.1, 0.15) is 17.5 Å². The summed E-state index contributed by atoms with van der Waals surface area (Å²) in [5.74, 6) is -1.35. The van der Waals surface area contributed by atoms with Crippen molar-refractivity contribution in [2.45, 2.75) is 38.6 Å². The number of thiazole rings is 1. The van der Waals surface area contributed by atoms with Gasteiger partial charge in [-0.3, -0.25) is 14.2 Å². The van der Waals surface area contributed by atoms with Gasteiger partial charge in [-0.1, -0.05) is 53.4 Å². The van der Waals surface area contributed by atoms with Gasteiger partial charge in [0.25, 0.3) is 0 Å². The lowest BCUT2D eigenvalue weighted by Gasteiger charge is -2.15. The predicted octanol–water partition coefficient (Wildman–Crippen LogP) is 2.84. The molecule has 0 spiro atoms. The van der Waals surface area contributed by atoms with E-state index in [0.717, 1.165) is 28.7 Å². The van der Waals surface area contributed by atoms with Crippen molar-refractivity contribution in [3.05, 3.63) is 46.5 Å². The van der Waals surface area contributed by atoms with Gasteiger partial charge in [0.15, 0.2) is 10.3 Å². The molecule has 180 valence electrons. The van der Waals surface area contributed by atoms with Gasteiger partial charge in [-0.25, -0.2) is 9.78 Å². The Morgan fingerprint density at radius 1 is 1.21 bits per heavy atom. The molecule has 13 heteroatoms. The molecule has 11 nitrogen and oxygen atoms in total. The highest BCUT2D eigenvalue weighted by atomic mass is 32.2. The summed E-state index contributed by atoms with van der Waals surface area (Å²) < 4.78 is 11.7. The first-order valence-electron chi connectivity index (χ1n) is 10.3. The minimum Gasteiger partial charge on any atom is -0.465 e. The van der Waals surface area contributed by atoms with Crippen molar-refractivity contribution in [2.24, 2.45) is 0 Å². The summed E-state index contributed by atoms with van der Waals surface area (Å²) in [4.78, 5) is 41.5. The highest BCUT2D eigenvalue weighted by Gasteiger charge is 2.25. The average molecular weight is 505 g/mol. The van der Waals surface area contributed by atoms with Crippen molar-refractivity contribution in [3.63, 3.8) is 0 Å². The van der Waals surface area contributed by atoms with Gasteiger partial charge in [-0.05, 0) is 26.3 Å². The van der Waals surface area contributed by atoms with Crippen LogP contribution in [0.3, 0.4) is 0 Å². The number of amides is 1. The number of carbonyl (C=O) groups is 3. The summed E-state index contributed by atoms with van der Waals surface area (Å²) in [7, 11) is 0. The van der Waals surface area contributed by atoms with Crippen LogP contribution < -0.4 is 11.1 Å². The molecule has 0 bridgehead atoms. The second kappa shape index (κ2) is 11.6. The average Bonchev–Trinajstić information content (AvgIpc) is 3.38. The van der Waals surface area contributed by atoms with Gasteiger partial charge in [0.2, 0.25) is 11.9 Å². The normalized spacial score (nSPS) is 11.6. The number of hydrogen-bond acceptors (Lipinski definition) is 11. The second-order valence-corrected chi connectivity index (χ2v) is 8.91. The molecule has 3 N–H and O–H groups in total. The van der Waals surface area contributed by atoms with Crippen LogP contribution in [-0.4, -0.2) is 50.0 Å². The van der Waals surface area contributed by atoms with Crippen molar-refractivity contribution >= 4 is 52.0 Å². The molecule has 0 aliphatic rings. The first kappa shape index (κ1) is 25.2. The van der Waals surface area contributed by atoms with E-state index in [1.54, 1.807) is 20.8 Å². The largest absolute Gasteiger partial charge is 0.465 e. The van der Waals surface area contributed by atoms with Crippen LogP contribution in [0.15, 0.2) is 35.5 Å². The summed E-state index contributed by atoms with van der Waals surface area (Å²) in [5.41, 5.74) is 7.20. The van der Waals surface area contributed by atoms with Gasteiger partial charge in [0, 0.05) is 0 Å². The van der Waals surface area contributed by atoms with Gasteiger partial charge in [0.05, 0.1) is 18.1 Å². The monoisotopic (exact) mass is 504 g/mol. The van der Waals surface area contributed by atoms with Crippen molar-refractivity contribution < 1.29 is 23.9 Å². The summed E-state index contributed by atoms with van der Waals surface area (Å²) in [6, 6.07) is 8.51. The van der Waals surface area contributed by atoms with Crippen LogP contribution in [0.5, 0.6) is 0 Å². The molecule has 1 aromatic carbocycles. The Morgan fingerprint density at radius 2 is 1.94 bits per heavy atom. The zero-order chi connectivity index (χ0) is 24.7. The van der Waals surface area contributed by atoms with Gasteiger partial charge in [-0.2, -0.15) is 0 Å². The van der Waals surface area contributed by atoms with Gasteiger partial charge in [-0.15, -0.1) is 10.2 Å². The molecule has 2 aromatic heterocycles. The molecular weight excluding hydrogens is 480 g/mol. The molecule has 3 aromatic rings. The molecule has 1 atom stereocenters. The van der Waals surface area contributed by atoms with E-state index in [2.05, 4.69) is 20.5 Å². The Kier molecular flexibility index (Phi) is 8.60. The van der Waals surface area contributed by atoms with Gasteiger partial charge < -0.3 is 20.5 Å². The standard InChI is InChI=1S/C21H24N6O5S2/c1-4-31-15(28)11-33-21-26-25-19(22)27(21)13(3)17(29)24-20-23-12(2)16(34-20)18(30)32-10-14-8-6-5-7-9-14/h5-9,13H,4,10-11H2,1-3H3,(H2,22,25)(H,23,24,29). The third kappa shape index (κ3) is 6.32. The first-order chi connectivity index (χ1) is 16.3. The fourth-order valence-electron chi connectivity index (χ4n) is 2.83. The quantitative estimate of drug-likeness (QED) is 0.311. The van der Waals surface area contributed by atoms with E-state index in [-0.39, 0.29) is 30.0 Å². The van der Waals surface area contributed by atoms with E-state index in [0.29, 0.717) is 15.7 Å². The van der Waals surface area contributed by atoms with Crippen molar-refractivity contribution in [1.29, 1.82) is 0 Å². The number of benzene rings is 1. The van der Waals surface area contributed by atoms with Crippen LogP contribution in [-0.2, 0) is 25.7 Å². The molecule has 0 aliphatic carbocycles. The molecule has 0 radical (unpaired) electrons. The SMILES string of the molecule is CCOC(=O)CSc1nnc(N)n1C(C)C(=O)Nc1nc(C)c(C(=O)OCc2ccccc2)s1. The highest BCUT2D eigenvalue weighted by Crippen LogP contribution is 2.27. The topological polar surface area (TPSA) is 151 Å². The number of nitrogen functional groups attached to an aromatic ring is 1. The third-order valence-corrected chi connectivity index (χ3v) is 6.48. The van der Waals surface area contributed by atoms with Crippen molar-refractivity contribution in [2.75, 3.05) is 23.4 Å². The van der Waals surface area contributed by atoms with E-state index in [1.165, 1.54) is 4.57 Å². The number of thioether (sulfide) groups is 1. The number of nitrogens with two attached hydrogens (primary N) is 1. The van der Waals surface area contributed by atoms with Crippen LogP contribution in [0, 0.1) is 6.92 Å². The predicted molar refractivity (Wildman–Crippen MR) is 128 cm³/mol. The third-order valence-electron chi connectivity index (χ3n) is 4.51. The number of carbonyl (C=O) groups excluding carboxylic acids is 3. The first-order valence-corrected chi connectivity index (χ1v) is 12.1. The smallest absolute Gasteiger partial charge is 0.350 e. The van der Waals surface area contributed by atoms with Crippen molar-refractivity contribution in [1.82, 2.24) is 19.7 Å². The number of hydrogen-bond donors (Lipinski definition) is 2. The fourth-order valence-corrected chi connectivity index (χ4v) is 4.51. The van der Waals surface area contributed by atoms with E-state index in [4.69, 9.17) is 15.2 Å². The number of nitrogens with one attached hydrogen (secondary N) is 1. The number of ether oxygens (including phenoxy) is 2. The Balaban J connectivity index is 1.64. The van der Waals surface area contributed by atoms with E-state index in [9.17, 15) is 14.4 Å². The molecule has 1 unspecified atom stereocenters. The fraction of sp³-hybridized carbons (Fsp3) is 0.333. The number of aryl methyl sites for hydroxylation is 1. The minimum absolute atomic E-state index is 0.000437. The zero-order valence-electron chi connectivity index (χ0n) is 18.8. The molecule has 34 heavy (non-hydrogen) atoms. The maximum Gasteiger partial charge on any atom is 0.350 e. The molecule has 0 fully saturated rings. The summed E-state index contributed by atoms with van der Waals surface area (Å²) in [5, 5.41) is 11.0. The summed E-state index contributed by atoms with van der Waals surface area (Å²) in [6.07, 6.45) is 0. The molecule has 2 heterocycles. The lowest BCUT2D eigenvalue weighted by atomic mass is 10.2. The highest BCUT2D eigenvalue weighted by molar-refractivity contribution is 7.99. The lowest BCUT2D eigenvalue weighted by Crippen LogP contribution is -2.25. The molecule has 3 rings (SSSR count). The summed E-state index contributed by atoms with van der Waals surface area (Å²) in [6.45, 7) is 5.39. The Bertz CT molecular complexity index is 1160. The maximum atomic E-state index is 12.9. The number of aromatic nitrogens is 4. The van der Waals surface area contributed by atoms with Gasteiger partial charge >= 0.3 is 11.9 Å². The van der Waals surface area contributed by atoms with E-state index in [1.807, 2.05) is 30.3 Å². The Morgan fingerprint density at radius 3 is 2.65 bits per heavy atom. The van der Waals surface area contributed by atoms with E-state index < -0.39 is 23.9 Å². The van der Waals surface area contributed by atoms with Crippen LogP contribution in [0.4, 0.5) is 11.1 Å². The van der Waals surface area contributed by atoms with Crippen LogP contribution >= 0.6 is 23.1 Å². The number of esters is 2. The lowest BCUT2D eigenvalue weighted by molar-refractivity contribution is -0.139. The Hall–Kier alpha value is -3.45. The summed E-state index contributed by atoms with van der Waals surface area (Å²) >= 11 is 2.08. The number of nitrogens with zero attached hydrogens (tertiary/aromatic N) is 4. The zero-order valence-corrected chi connectivity index (χ0v) is 20.4. The minimum atomic E-state index is -0.808. The van der Waals surface area contributed by atoms with Crippen LogP contribution in [0.1, 0.15) is 40.8 Å². The van der Waals surface area contributed by atoms with Crippen LogP contribution in [0.2, 0.25) is 0 Å². The molecule has 0 saturated heterocycles. The number of rotatable bonds is 10. The maximum absolute atomic E-state index is 12.9. The second-order valence-electron chi connectivity index (χ2n) is 6.96. The van der Waals surface area contributed by atoms with Crippen LogP contribution in [0.25, 0.3) is 0 Å². The Labute approximate surface area is 204 Å². The molecular formula is C21H24N6O5S2. The molecule has 1 amide bonds. The number of anilines is 2. The molecule has 0 aliphatic heterocycles. The molecule has 0 saturated carbocycles.